The lowest BCUT2D eigenvalue weighted by molar-refractivity contribution is 0.547. The second-order valence-electron chi connectivity index (χ2n) is 5.20. The molecule has 0 bridgehead atoms. The molecular weight excluding hydrogens is 275 g/mol. The van der Waals surface area contributed by atoms with Crippen LogP contribution in [0, 0.1) is 24.4 Å². The second kappa shape index (κ2) is 6.76. The normalized spacial score (nSPS) is 12.4. The lowest BCUT2D eigenvalue weighted by Crippen LogP contribution is -2.21. The Balaban J connectivity index is 1.93. The molecule has 0 radical (unpaired) electrons. The Morgan fingerprint density at radius 1 is 0.952 bits per heavy atom. The average molecular weight is 293 g/mol. The number of rotatable bonds is 5. The summed E-state index contributed by atoms with van der Waals surface area (Å²) in [5.41, 5.74) is 2.53. The van der Waals surface area contributed by atoms with Gasteiger partial charge < -0.3 is 5.32 Å². The number of hydrogen-bond acceptors (Lipinski definition) is 1. The van der Waals surface area contributed by atoms with Crippen LogP contribution < -0.4 is 5.32 Å². The molecule has 1 atom stereocenters. The molecule has 0 aliphatic carbocycles. The predicted octanol–water partition coefficient (Wildman–Crippen LogP) is 4.31. The molecule has 0 aliphatic heterocycles. The average Bonchev–Trinajstić information content (AvgIpc) is 2.40. The van der Waals surface area contributed by atoms with E-state index >= 15 is 0 Å². The van der Waals surface area contributed by atoms with Crippen LogP contribution in [0.4, 0.5) is 13.2 Å². The predicted molar refractivity (Wildman–Crippen MR) is 77.6 cm³/mol. The topological polar surface area (TPSA) is 12.0 Å². The molecule has 2 aromatic carbocycles. The first-order valence-corrected chi connectivity index (χ1v) is 6.90. The van der Waals surface area contributed by atoms with Crippen molar-refractivity contribution < 1.29 is 13.2 Å². The highest BCUT2D eigenvalue weighted by atomic mass is 19.1. The zero-order valence-corrected chi connectivity index (χ0v) is 12.1. The van der Waals surface area contributed by atoms with Crippen LogP contribution in [-0.4, -0.2) is 6.54 Å². The van der Waals surface area contributed by atoms with E-state index < -0.39 is 11.6 Å². The van der Waals surface area contributed by atoms with E-state index in [2.05, 4.69) is 5.32 Å². The third-order valence-electron chi connectivity index (χ3n) is 3.53. The minimum atomic E-state index is -0.576. The van der Waals surface area contributed by atoms with E-state index in [1.54, 1.807) is 6.07 Å². The van der Waals surface area contributed by atoms with Gasteiger partial charge in [-0.05, 0) is 67.8 Å². The standard InChI is InChI=1S/C17H18F3N/c1-11-7-15(18)4-3-13(11)5-6-21-12(2)14-8-16(19)10-17(20)9-14/h3-4,7-10,12,21H,5-6H2,1-2H3. The van der Waals surface area contributed by atoms with Crippen LogP contribution in [0.15, 0.2) is 36.4 Å². The van der Waals surface area contributed by atoms with Crippen LogP contribution in [0.1, 0.15) is 29.7 Å². The van der Waals surface area contributed by atoms with Crippen molar-refractivity contribution >= 4 is 0 Å². The minimum absolute atomic E-state index is 0.157. The minimum Gasteiger partial charge on any atom is -0.310 e. The molecule has 21 heavy (non-hydrogen) atoms. The Bertz CT molecular complexity index is 605. The van der Waals surface area contributed by atoms with E-state index in [0.717, 1.165) is 23.6 Å². The second-order valence-corrected chi connectivity index (χ2v) is 5.20. The lowest BCUT2D eigenvalue weighted by atomic mass is 10.0. The molecule has 0 amide bonds. The van der Waals surface area contributed by atoms with Crippen molar-refractivity contribution in [2.24, 2.45) is 0 Å². The molecule has 0 fully saturated rings. The maximum atomic E-state index is 13.2. The smallest absolute Gasteiger partial charge is 0.126 e. The highest BCUT2D eigenvalue weighted by Crippen LogP contribution is 2.16. The van der Waals surface area contributed by atoms with Crippen molar-refractivity contribution in [3.8, 4) is 0 Å². The lowest BCUT2D eigenvalue weighted by Gasteiger charge is -2.15. The van der Waals surface area contributed by atoms with Gasteiger partial charge in [0.25, 0.3) is 0 Å². The number of benzene rings is 2. The van der Waals surface area contributed by atoms with Gasteiger partial charge in [-0.25, -0.2) is 13.2 Å². The molecule has 1 N–H and O–H groups in total. The molecule has 0 spiro atoms. The van der Waals surface area contributed by atoms with Gasteiger partial charge in [-0.1, -0.05) is 6.07 Å². The fourth-order valence-corrected chi connectivity index (χ4v) is 2.31. The zero-order chi connectivity index (χ0) is 15.4. The van der Waals surface area contributed by atoms with Gasteiger partial charge in [0.2, 0.25) is 0 Å². The van der Waals surface area contributed by atoms with Crippen LogP contribution >= 0.6 is 0 Å². The van der Waals surface area contributed by atoms with E-state index in [1.165, 1.54) is 24.3 Å². The molecule has 2 rings (SSSR count). The summed E-state index contributed by atoms with van der Waals surface area (Å²) in [5, 5.41) is 3.22. The fraction of sp³-hybridized carbons (Fsp3) is 0.294. The summed E-state index contributed by atoms with van der Waals surface area (Å²) in [4.78, 5) is 0. The van der Waals surface area contributed by atoms with Gasteiger partial charge >= 0.3 is 0 Å². The summed E-state index contributed by atoms with van der Waals surface area (Å²) in [7, 11) is 0. The van der Waals surface area contributed by atoms with Crippen molar-refractivity contribution in [2.45, 2.75) is 26.3 Å². The Hall–Kier alpha value is -1.81. The Morgan fingerprint density at radius 2 is 1.62 bits per heavy atom. The van der Waals surface area contributed by atoms with Crippen LogP contribution in [0.25, 0.3) is 0 Å². The number of hydrogen-bond donors (Lipinski definition) is 1. The van der Waals surface area contributed by atoms with Crippen molar-refractivity contribution in [3.05, 3.63) is 70.5 Å². The van der Waals surface area contributed by atoms with Crippen molar-refractivity contribution in [3.63, 3.8) is 0 Å². The number of nitrogens with one attached hydrogen (secondary N) is 1. The third-order valence-corrected chi connectivity index (χ3v) is 3.53. The quantitative estimate of drug-likeness (QED) is 0.866. The molecule has 4 heteroatoms. The van der Waals surface area contributed by atoms with Gasteiger partial charge in [0.1, 0.15) is 17.5 Å². The molecule has 0 heterocycles. The first kappa shape index (κ1) is 15.6. The molecule has 1 unspecified atom stereocenters. The molecule has 0 saturated heterocycles. The van der Waals surface area contributed by atoms with Gasteiger partial charge in [0.05, 0.1) is 0 Å². The van der Waals surface area contributed by atoms with E-state index in [4.69, 9.17) is 0 Å². The Morgan fingerprint density at radius 3 is 2.24 bits per heavy atom. The number of halogens is 3. The third kappa shape index (κ3) is 4.33. The summed E-state index contributed by atoms with van der Waals surface area (Å²) in [6.07, 6.45) is 0.730. The van der Waals surface area contributed by atoms with E-state index in [0.29, 0.717) is 12.1 Å². The van der Waals surface area contributed by atoms with Gasteiger partial charge in [-0.3, -0.25) is 0 Å². The number of aryl methyl sites for hydroxylation is 1. The Labute approximate surface area is 122 Å². The van der Waals surface area contributed by atoms with Crippen LogP contribution in [0.2, 0.25) is 0 Å². The van der Waals surface area contributed by atoms with Crippen LogP contribution in [0.5, 0.6) is 0 Å². The summed E-state index contributed by atoms with van der Waals surface area (Å²) in [6.45, 7) is 4.36. The molecule has 0 aliphatic rings. The highest BCUT2D eigenvalue weighted by Gasteiger charge is 2.08. The highest BCUT2D eigenvalue weighted by molar-refractivity contribution is 5.27. The summed E-state index contributed by atoms with van der Waals surface area (Å²) in [5.74, 6) is -1.39. The van der Waals surface area contributed by atoms with E-state index in [1.807, 2.05) is 13.8 Å². The van der Waals surface area contributed by atoms with E-state index in [9.17, 15) is 13.2 Å². The molecule has 112 valence electrons. The van der Waals surface area contributed by atoms with Gasteiger partial charge in [0, 0.05) is 12.1 Å². The first-order valence-electron chi connectivity index (χ1n) is 6.90. The van der Waals surface area contributed by atoms with Crippen molar-refractivity contribution in [1.29, 1.82) is 0 Å². The summed E-state index contributed by atoms with van der Waals surface area (Å²) < 4.78 is 39.3. The maximum absolute atomic E-state index is 13.2. The molecule has 1 nitrogen and oxygen atoms in total. The summed E-state index contributed by atoms with van der Waals surface area (Å²) >= 11 is 0. The van der Waals surface area contributed by atoms with Gasteiger partial charge in [-0.2, -0.15) is 0 Å². The molecule has 0 aromatic heterocycles. The van der Waals surface area contributed by atoms with Crippen molar-refractivity contribution in [2.75, 3.05) is 6.54 Å². The van der Waals surface area contributed by atoms with Crippen LogP contribution in [-0.2, 0) is 6.42 Å². The van der Waals surface area contributed by atoms with Crippen molar-refractivity contribution in [1.82, 2.24) is 5.32 Å². The molecular formula is C17H18F3N. The molecule has 2 aromatic rings. The SMILES string of the molecule is Cc1cc(F)ccc1CCNC(C)c1cc(F)cc(F)c1. The monoisotopic (exact) mass is 293 g/mol. The fourth-order valence-electron chi connectivity index (χ4n) is 2.31. The van der Waals surface area contributed by atoms with Gasteiger partial charge in [-0.15, -0.1) is 0 Å². The Kier molecular flexibility index (Phi) is 5.02. The largest absolute Gasteiger partial charge is 0.310 e. The maximum Gasteiger partial charge on any atom is 0.126 e. The summed E-state index contributed by atoms with van der Waals surface area (Å²) in [6, 6.07) is 8.05. The van der Waals surface area contributed by atoms with E-state index in [-0.39, 0.29) is 11.9 Å². The van der Waals surface area contributed by atoms with Crippen LogP contribution in [0.3, 0.4) is 0 Å². The molecule has 0 saturated carbocycles. The van der Waals surface area contributed by atoms with Gasteiger partial charge in [0.15, 0.2) is 0 Å². The first-order chi connectivity index (χ1) is 9.95. The zero-order valence-electron chi connectivity index (χ0n) is 12.1.